The molecular weight excluding hydrogens is 350 g/mol. The molecule has 1 atom stereocenters. The summed E-state index contributed by atoms with van der Waals surface area (Å²) in [5.74, 6) is 0.129. The van der Waals surface area contributed by atoms with Crippen LogP contribution < -0.4 is 5.32 Å². The summed E-state index contributed by atoms with van der Waals surface area (Å²) in [7, 11) is -3.08. The van der Waals surface area contributed by atoms with Crippen molar-refractivity contribution in [1.82, 2.24) is 14.5 Å². The van der Waals surface area contributed by atoms with Gasteiger partial charge in [0.25, 0.3) is 5.91 Å². The molecule has 0 saturated carbocycles. The lowest BCUT2D eigenvalue weighted by atomic mass is 10.1. The fraction of sp³-hybridized carbons (Fsp3) is 0.632. The van der Waals surface area contributed by atoms with Gasteiger partial charge in [-0.2, -0.15) is 4.31 Å². The van der Waals surface area contributed by atoms with Crippen molar-refractivity contribution in [2.24, 2.45) is 0 Å². The number of nitrogens with zero attached hydrogens (tertiary/aromatic N) is 2. The number of nitrogens with one attached hydrogen (secondary N) is 1. The molecule has 1 aliphatic rings. The van der Waals surface area contributed by atoms with Crippen molar-refractivity contribution >= 4 is 15.9 Å². The highest BCUT2D eigenvalue weighted by Gasteiger charge is 2.25. The van der Waals surface area contributed by atoms with Crippen molar-refractivity contribution in [1.29, 1.82) is 0 Å². The van der Waals surface area contributed by atoms with Crippen LogP contribution in [0.3, 0.4) is 0 Å². The highest BCUT2D eigenvalue weighted by molar-refractivity contribution is 7.89. The molecule has 0 aliphatic carbocycles. The molecule has 6 nitrogen and oxygen atoms in total. The molecule has 0 spiro atoms. The lowest BCUT2D eigenvalue weighted by molar-refractivity contribution is 0.0938. The van der Waals surface area contributed by atoms with Gasteiger partial charge < -0.3 is 5.32 Å². The molecule has 1 aromatic carbocycles. The van der Waals surface area contributed by atoms with E-state index in [1.54, 1.807) is 11.2 Å². The lowest BCUT2D eigenvalue weighted by Gasteiger charge is -2.33. The minimum absolute atomic E-state index is 0.0316. The maximum Gasteiger partial charge on any atom is 0.251 e. The first kappa shape index (κ1) is 20.9. The summed E-state index contributed by atoms with van der Waals surface area (Å²) >= 11 is 0. The minimum atomic E-state index is -3.08. The standard InChI is InChI=1S/C19H31N3O3S/c1-4-6-16(3)20-19(23)18-9-7-17(8-10-18)15-21-11-13-22(14-12-21)26(24,25)5-2/h7-10,16H,4-6,11-15H2,1-3H3,(H,20,23). The smallest absolute Gasteiger partial charge is 0.251 e. The van der Waals surface area contributed by atoms with Crippen LogP contribution in [0.1, 0.15) is 49.5 Å². The van der Waals surface area contributed by atoms with Gasteiger partial charge in [0.05, 0.1) is 5.75 Å². The van der Waals surface area contributed by atoms with Gasteiger partial charge in [0, 0.05) is 44.3 Å². The van der Waals surface area contributed by atoms with E-state index in [1.165, 1.54) is 0 Å². The monoisotopic (exact) mass is 381 g/mol. The summed E-state index contributed by atoms with van der Waals surface area (Å²) in [6.07, 6.45) is 2.02. The van der Waals surface area contributed by atoms with E-state index < -0.39 is 10.0 Å². The van der Waals surface area contributed by atoms with Gasteiger partial charge in [-0.05, 0) is 38.0 Å². The molecule has 2 rings (SSSR count). The van der Waals surface area contributed by atoms with Gasteiger partial charge >= 0.3 is 0 Å². The number of benzene rings is 1. The fourth-order valence-corrected chi connectivity index (χ4v) is 4.27. The number of piperazine rings is 1. The van der Waals surface area contributed by atoms with Gasteiger partial charge in [-0.1, -0.05) is 25.5 Å². The van der Waals surface area contributed by atoms with Crippen molar-refractivity contribution in [2.45, 2.75) is 46.2 Å². The quantitative estimate of drug-likeness (QED) is 0.748. The molecule has 0 radical (unpaired) electrons. The van der Waals surface area contributed by atoms with E-state index in [4.69, 9.17) is 0 Å². The zero-order valence-corrected chi connectivity index (χ0v) is 16.9. The molecule has 0 bridgehead atoms. The van der Waals surface area contributed by atoms with Crippen molar-refractivity contribution < 1.29 is 13.2 Å². The third-order valence-corrected chi connectivity index (χ3v) is 6.69. The Balaban J connectivity index is 1.85. The SMILES string of the molecule is CCCC(C)NC(=O)c1ccc(CN2CCN(S(=O)(=O)CC)CC2)cc1. The Morgan fingerprint density at radius 1 is 1.12 bits per heavy atom. The van der Waals surface area contributed by atoms with Crippen molar-refractivity contribution in [2.75, 3.05) is 31.9 Å². The molecule has 7 heteroatoms. The van der Waals surface area contributed by atoms with Crippen LogP contribution in [0.15, 0.2) is 24.3 Å². The van der Waals surface area contributed by atoms with E-state index in [2.05, 4.69) is 17.1 Å². The second-order valence-electron chi connectivity index (χ2n) is 6.94. The Hall–Kier alpha value is -1.44. The minimum Gasteiger partial charge on any atom is -0.350 e. The fourth-order valence-electron chi connectivity index (χ4n) is 3.18. The topological polar surface area (TPSA) is 69.7 Å². The van der Waals surface area contributed by atoms with Crippen molar-refractivity contribution in [3.8, 4) is 0 Å². The second-order valence-corrected chi connectivity index (χ2v) is 9.19. The number of hydrogen-bond acceptors (Lipinski definition) is 4. The number of sulfonamides is 1. The molecule has 1 heterocycles. The molecule has 1 saturated heterocycles. The van der Waals surface area contributed by atoms with Gasteiger partial charge in [-0.15, -0.1) is 0 Å². The summed E-state index contributed by atoms with van der Waals surface area (Å²) in [5.41, 5.74) is 1.81. The molecule has 1 fully saturated rings. The first-order valence-electron chi connectivity index (χ1n) is 9.45. The first-order chi connectivity index (χ1) is 12.4. The zero-order valence-electron chi connectivity index (χ0n) is 16.1. The van der Waals surface area contributed by atoms with E-state index in [1.807, 2.05) is 31.2 Å². The number of amides is 1. The van der Waals surface area contributed by atoms with Gasteiger partial charge in [0.15, 0.2) is 0 Å². The van der Waals surface area contributed by atoms with Crippen LogP contribution in [0.5, 0.6) is 0 Å². The lowest BCUT2D eigenvalue weighted by Crippen LogP contribution is -2.48. The Kier molecular flexibility index (Phi) is 7.61. The van der Waals surface area contributed by atoms with E-state index in [-0.39, 0.29) is 17.7 Å². The van der Waals surface area contributed by atoms with Gasteiger partial charge in [0.1, 0.15) is 0 Å². The maximum atomic E-state index is 12.2. The largest absolute Gasteiger partial charge is 0.350 e. The van der Waals surface area contributed by atoms with Gasteiger partial charge in [0.2, 0.25) is 10.0 Å². The van der Waals surface area contributed by atoms with Crippen LogP contribution in [0, 0.1) is 0 Å². The third-order valence-electron chi connectivity index (χ3n) is 4.81. The molecule has 146 valence electrons. The third kappa shape index (κ3) is 5.79. The normalized spacial score (nSPS) is 17.8. The molecule has 1 aliphatic heterocycles. The second kappa shape index (κ2) is 9.48. The average Bonchev–Trinajstić information content (AvgIpc) is 2.63. The summed E-state index contributed by atoms with van der Waals surface area (Å²) in [6.45, 7) is 9.14. The number of hydrogen-bond donors (Lipinski definition) is 1. The van der Waals surface area contributed by atoms with Crippen LogP contribution >= 0.6 is 0 Å². The predicted molar refractivity (Wildman–Crippen MR) is 105 cm³/mol. The summed E-state index contributed by atoms with van der Waals surface area (Å²) < 4.78 is 25.4. The summed E-state index contributed by atoms with van der Waals surface area (Å²) in [4.78, 5) is 14.5. The molecule has 0 aromatic heterocycles. The van der Waals surface area contributed by atoms with Crippen LogP contribution in [-0.4, -0.2) is 61.5 Å². The first-order valence-corrected chi connectivity index (χ1v) is 11.1. The van der Waals surface area contributed by atoms with Gasteiger partial charge in [-0.3, -0.25) is 9.69 Å². The molecule has 26 heavy (non-hydrogen) atoms. The Morgan fingerprint density at radius 3 is 2.27 bits per heavy atom. The highest BCUT2D eigenvalue weighted by atomic mass is 32.2. The molecule has 1 aromatic rings. The zero-order chi connectivity index (χ0) is 19.2. The number of rotatable bonds is 8. The number of carbonyl (C=O) groups is 1. The van der Waals surface area contributed by atoms with E-state index in [0.29, 0.717) is 18.7 Å². The highest BCUT2D eigenvalue weighted by Crippen LogP contribution is 2.13. The van der Waals surface area contributed by atoms with Crippen LogP contribution in [0.4, 0.5) is 0 Å². The Morgan fingerprint density at radius 2 is 1.73 bits per heavy atom. The number of carbonyl (C=O) groups excluding carboxylic acids is 1. The van der Waals surface area contributed by atoms with Crippen molar-refractivity contribution in [3.63, 3.8) is 0 Å². The molecular formula is C19H31N3O3S. The summed E-state index contributed by atoms with van der Waals surface area (Å²) in [6, 6.07) is 7.87. The average molecular weight is 382 g/mol. The molecule has 1 N–H and O–H groups in total. The van der Waals surface area contributed by atoms with Crippen LogP contribution in [0.25, 0.3) is 0 Å². The van der Waals surface area contributed by atoms with Crippen molar-refractivity contribution in [3.05, 3.63) is 35.4 Å². The predicted octanol–water partition coefficient (Wildman–Crippen LogP) is 2.07. The van der Waals surface area contributed by atoms with Gasteiger partial charge in [-0.25, -0.2) is 8.42 Å². The van der Waals surface area contributed by atoms with E-state index in [9.17, 15) is 13.2 Å². The van der Waals surface area contributed by atoms with E-state index >= 15 is 0 Å². The summed E-state index contributed by atoms with van der Waals surface area (Å²) in [5, 5.41) is 3.01. The molecule has 1 unspecified atom stereocenters. The van der Waals surface area contributed by atoms with E-state index in [0.717, 1.165) is 38.0 Å². The molecule has 1 amide bonds. The maximum absolute atomic E-state index is 12.2. The van der Waals surface area contributed by atoms with Crippen LogP contribution in [-0.2, 0) is 16.6 Å². The Bertz CT molecular complexity index is 680. The van der Waals surface area contributed by atoms with Crippen LogP contribution in [0.2, 0.25) is 0 Å². The Labute approximate surface area is 157 Å².